The van der Waals surface area contributed by atoms with E-state index in [0.29, 0.717) is 17.7 Å². The molecule has 3 rings (SSSR count). The van der Waals surface area contributed by atoms with Crippen molar-refractivity contribution in [1.82, 2.24) is 9.78 Å². The van der Waals surface area contributed by atoms with Gasteiger partial charge in [0.2, 0.25) is 0 Å². The lowest BCUT2D eigenvalue weighted by Crippen LogP contribution is -2.01. The van der Waals surface area contributed by atoms with E-state index in [0.717, 1.165) is 6.29 Å². The van der Waals surface area contributed by atoms with Gasteiger partial charge in [0.05, 0.1) is 6.04 Å². The normalized spacial score (nSPS) is 21.8. The summed E-state index contributed by atoms with van der Waals surface area (Å²) >= 11 is 0. The first-order valence-corrected chi connectivity index (χ1v) is 4.93. The number of rotatable bonds is 3. The molecule has 0 aliphatic heterocycles. The monoisotopic (exact) mass is 176 g/mol. The van der Waals surface area contributed by atoms with Gasteiger partial charge in [-0.25, -0.2) is 0 Å². The number of hydrogen-bond acceptors (Lipinski definition) is 2. The van der Waals surface area contributed by atoms with Gasteiger partial charge in [0, 0.05) is 11.6 Å². The van der Waals surface area contributed by atoms with E-state index >= 15 is 0 Å². The molecule has 2 saturated carbocycles. The quantitative estimate of drug-likeness (QED) is 0.659. The topological polar surface area (TPSA) is 34.9 Å². The number of hydrogen-bond donors (Lipinski definition) is 0. The first-order valence-electron chi connectivity index (χ1n) is 4.93. The zero-order valence-corrected chi connectivity index (χ0v) is 7.44. The molecule has 1 heterocycles. The van der Waals surface area contributed by atoms with E-state index < -0.39 is 0 Å². The second-order valence-electron chi connectivity index (χ2n) is 4.06. The van der Waals surface area contributed by atoms with Gasteiger partial charge in [-0.2, -0.15) is 5.10 Å². The lowest BCUT2D eigenvalue weighted by atomic mass is 10.2. The smallest absolute Gasteiger partial charge is 0.170 e. The maximum absolute atomic E-state index is 10.6. The molecule has 3 heteroatoms. The standard InChI is InChI=1S/C10H12N2O/c13-6-8-5-10(7-1-2-7)12(11-8)9-3-4-9/h5-7,9H,1-4H2. The highest BCUT2D eigenvalue weighted by Gasteiger charge is 2.33. The number of nitrogens with zero attached hydrogens (tertiary/aromatic N) is 2. The molecule has 2 aliphatic carbocycles. The van der Waals surface area contributed by atoms with Crippen LogP contribution in [0.15, 0.2) is 6.07 Å². The third-order valence-electron chi connectivity index (χ3n) is 2.79. The molecule has 13 heavy (non-hydrogen) atoms. The first-order chi connectivity index (χ1) is 6.38. The largest absolute Gasteiger partial charge is 0.296 e. The Hall–Kier alpha value is -1.12. The molecular weight excluding hydrogens is 164 g/mol. The van der Waals surface area contributed by atoms with Gasteiger partial charge in [0.25, 0.3) is 0 Å². The van der Waals surface area contributed by atoms with E-state index in [1.807, 2.05) is 6.07 Å². The SMILES string of the molecule is O=Cc1cc(C2CC2)n(C2CC2)n1. The van der Waals surface area contributed by atoms with Crippen LogP contribution in [0.5, 0.6) is 0 Å². The first kappa shape index (κ1) is 7.30. The van der Waals surface area contributed by atoms with Gasteiger partial charge in [-0.15, -0.1) is 0 Å². The fourth-order valence-corrected chi connectivity index (χ4v) is 1.78. The van der Waals surface area contributed by atoms with Crippen molar-refractivity contribution in [3.05, 3.63) is 17.5 Å². The summed E-state index contributed by atoms with van der Waals surface area (Å²) in [7, 11) is 0. The fourth-order valence-electron chi connectivity index (χ4n) is 1.78. The Morgan fingerprint density at radius 1 is 1.38 bits per heavy atom. The molecule has 0 bridgehead atoms. The van der Waals surface area contributed by atoms with E-state index in [4.69, 9.17) is 0 Å². The summed E-state index contributed by atoms with van der Waals surface area (Å²) in [6.45, 7) is 0. The van der Waals surface area contributed by atoms with Crippen LogP contribution in [0, 0.1) is 0 Å². The maximum Gasteiger partial charge on any atom is 0.170 e. The van der Waals surface area contributed by atoms with E-state index in [2.05, 4.69) is 9.78 Å². The van der Waals surface area contributed by atoms with Crippen LogP contribution in [-0.4, -0.2) is 16.1 Å². The van der Waals surface area contributed by atoms with Crippen molar-refractivity contribution in [1.29, 1.82) is 0 Å². The molecule has 1 aromatic heterocycles. The molecule has 2 aliphatic rings. The molecule has 1 aromatic rings. The molecule has 0 unspecified atom stereocenters. The molecular formula is C10H12N2O. The highest BCUT2D eigenvalue weighted by Crippen LogP contribution is 2.44. The van der Waals surface area contributed by atoms with Gasteiger partial charge < -0.3 is 0 Å². The van der Waals surface area contributed by atoms with E-state index in [1.54, 1.807) is 0 Å². The Bertz CT molecular complexity index is 318. The maximum atomic E-state index is 10.6. The minimum absolute atomic E-state index is 0.601. The van der Waals surface area contributed by atoms with Gasteiger partial charge in [0.15, 0.2) is 6.29 Å². The average molecular weight is 176 g/mol. The van der Waals surface area contributed by atoms with Crippen LogP contribution in [-0.2, 0) is 0 Å². The number of aldehydes is 1. The predicted molar refractivity (Wildman–Crippen MR) is 47.9 cm³/mol. The van der Waals surface area contributed by atoms with Gasteiger partial charge in [0.1, 0.15) is 5.69 Å². The lowest BCUT2D eigenvalue weighted by molar-refractivity contribution is 0.111. The second kappa shape index (κ2) is 2.44. The summed E-state index contributed by atoms with van der Waals surface area (Å²) in [5, 5.41) is 4.30. The van der Waals surface area contributed by atoms with Crippen LogP contribution in [0.1, 0.15) is 53.8 Å². The Balaban J connectivity index is 2.02. The summed E-state index contributed by atoms with van der Waals surface area (Å²) in [6.07, 6.45) is 5.87. The number of aromatic nitrogens is 2. The van der Waals surface area contributed by atoms with Crippen molar-refractivity contribution in [2.75, 3.05) is 0 Å². The van der Waals surface area contributed by atoms with Crippen molar-refractivity contribution in [2.24, 2.45) is 0 Å². The van der Waals surface area contributed by atoms with Gasteiger partial charge in [-0.05, 0) is 31.7 Å². The molecule has 0 atom stereocenters. The molecule has 0 saturated heterocycles. The Morgan fingerprint density at radius 3 is 2.69 bits per heavy atom. The molecule has 0 radical (unpaired) electrons. The molecule has 2 fully saturated rings. The minimum Gasteiger partial charge on any atom is -0.296 e. The summed E-state index contributed by atoms with van der Waals surface area (Å²) in [6, 6.07) is 2.56. The molecule has 0 N–H and O–H groups in total. The van der Waals surface area contributed by atoms with Gasteiger partial charge in [-0.3, -0.25) is 9.48 Å². The molecule has 3 nitrogen and oxygen atoms in total. The molecule has 0 aromatic carbocycles. The molecule has 0 amide bonds. The van der Waals surface area contributed by atoms with Crippen molar-refractivity contribution in [3.8, 4) is 0 Å². The van der Waals surface area contributed by atoms with Gasteiger partial charge in [-0.1, -0.05) is 0 Å². The van der Waals surface area contributed by atoms with Crippen molar-refractivity contribution >= 4 is 6.29 Å². The van der Waals surface area contributed by atoms with E-state index in [9.17, 15) is 4.79 Å². The zero-order chi connectivity index (χ0) is 8.84. The number of carbonyl (C=O) groups is 1. The minimum atomic E-state index is 0.601. The molecule has 68 valence electrons. The van der Waals surface area contributed by atoms with Crippen LogP contribution in [0.4, 0.5) is 0 Å². The van der Waals surface area contributed by atoms with Crippen molar-refractivity contribution in [2.45, 2.75) is 37.6 Å². The summed E-state index contributed by atoms with van der Waals surface area (Å²) < 4.78 is 2.08. The van der Waals surface area contributed by atoms with Crippen LogP contribution < -0.4 is 0 Å². The summed E-state index contributed by atoms with van der Waals surface area (Å²) in [5.41, 5.74) is 1.90. The van der Waals surface area contributed by atoms with Crippen molar-refractivity contribution < 1.29 is 4.79 Å². The fraction of sp³-hybridized carbons (Fsp3) is 0.600. The highest BCUT2D eigenvalue weighted by molar-refractivity contribution is 5.71. The van der Waals surface area contributed by atoms with E-state index in [1.165, 1.54) is 31.4 Å². The Kier molecular flexibility index (Phi) is 1.37. The molecule has 0 spiro atoms. The number of carbonyl (C=O) groups excluding carboxylic acids is 1. The highest BCUT2D eigenvalue weighted by atomic mass is 16.1. The third kappa shape index (κ3) is 1.19. The average Bonchev–Trinajstić information content (AvgIpc) is 3.02. The van der Waals surface area contributed by atoms with Crippen LogP contribution in [0.25, 0.3) is 0 Å². The van der Waals surface area contributed by atoms with Crippen LogP contribution in [0.3, 0.4) is 0 Å². The summed E-state index contributed by atoms with van der Waals surface area (Å²) in [4.78, 5) is 10.6. The Morgan fingerprint density at radius 2 is 2.15 bits per heavy atom. The Labute approximate surface area is 76.7 Å². The van der Waals surface area contributed by atoms with E-state index in [-0.39, 0.29) is 0 Å². The van der Waals surface area contributed by atoms with Crippen LogP contribution in [0.2, 0.25) is 0 Å². The lowest BCUT2D eigenvalue weighted by Gasteiger charge is -2.02. The zero-order valence-electron chi connectivity index (χ0n) is 7.44. The second-order valence-corrected chi connectivity index (χ2v) is 4.06. The summed E-state index contributed by atoms with van der Waals surface area (Å²) in [5.74, 6) is 0.696. The predicted octanol–water partition coefficient (Wildman–Crippen LogP) is 1.91. The van der Waals surface area contributed by atoms with Gasteiger partial charge >= 0.3 is 0 Å². The van der Waals surface area contributed by atoms with Crippen molar-refractivity contribution in [3.63, 3.8) is 0 Å². The van der Waals surface area contributed by atoms with Crippen LogP contribution >= 0.6 is 0 Å². The third-order valence-corrected chi connectivity index (χ3v) is 2.79.